The third-order valence-electron chi connectivity index (χ3n) is 2.75. The van der Waals surface area contributed by atoms with E-state index >= 15 is 0 Å². The third kappa shape index (κ3) is 1.51. The van der Waals surface area contributed by atoms with E-state index in [0.717, 1.165) is 6.42 Å². The molecule has 1 aliphatic carbocycles. The predicted molar refractivity (Wildman–Crippen MR) is 42.9 cm³/mol. The van der Waals surface area contributed by atoms with Crippen LogP contribution in [0, 0.1) is 5.92 Å². The Morgan fingerprint density at radius 1 is 1.60 bits per heavy atom. The van der Waals surface area contributed by atoms with Crippen LogP contribution in [0.15, 0.2) is 0 Å². The van der Waals surface area contributed by atoms with Crippen molar-refractivity contribution in [2.45, 2.75) is 51.6 Å². The van der Waals surface area contributed by atoms with Gasteiger partial charge in [0.15, 0.2) is 0 Å². The normalized spacial score (nSPS) is 40.5. The van der Waals surface area contributed by atoms with Crippen LogP contribution in [0.2, 0.25) is 0 Å². The molecule has 0 amide bonds. The number of aliphatic hydroxyl groups is 1. The van der Waals surface area contributed by atoms with Gasteiger partial charge >= 0.3 is 0 Å². The fraction of sp³-hybridized carbons (Fsp3) is 1.00. The Balaban J connectivity index is 2.43. The zero-order valence-corrected chi connectivity index (χ0v) is 7.06. The van der Waals surface area contributed by atoms with E-state index in [2.05, 4.69) is 6.92 Å². The lowest BCUT2D eigenvalue weighted by Crippen LogP contribution is -2.28. The van der Waals surface area contributed by atoms with Crippen LogP contribution in [0.1, 0.15) is 46.0 Å². The summed E-state index contributed by atoms with van der Waals surface area (Å²) in [6.07, 6.45) is 5.88. The SMILES string of the molecule is CCCC1CCCC1(C)O. The van der Waals surface area contributed by atoms with E-state index in [0.29, 0.717) is 5.92 Å². The van der Waals surface area contributed by atoms with E-state index in [9.17, 15) is 5.11 Å². The van der Waals surface area contributed by atoms with Gasteiger partial charge in [-0.25, -0.2) is 0 Å². The lowest BCUT2D eigenvalue weighted by atomic mass is 9.89. The molecule has 10 heavy (non-hydrogen) atoms. The largest absolute Gasteiger partial charge is 0.390 e. The molecule has 0 radical (unpaired) electrons. The van der Waals surface area contributed by atoms with Gasteiger partial charge in [-0.05, 0) is 32.1 Å². The van der Waals surface area contributed by atoms with Crippen molar-refractivity contribution in [2.75, 3.05) is 0 Å². The van der Waals surface area contributed by atoms with Gasteiger partial charge < -0.3 is 5.11 Å². The summed E-state index contributed by atoms with van der Waals surface area (Å²) in [7, 11) is 0. The van der Waals surface area contributed by atoms with Crippen molar-refractivity contribution in [3.05, 3.63) is 0 Å². The quantitative estimate of drug-likeness (QED) is 0.627. The van der Waals surface area contributed by atoms with Crippen molar-refractivity contribution in [3.63, 3.8) is 0 Å². The fourth-order valence-electron chi connectivity index (χ4n) is 2.03. The van der Waals surface area contributed by atoms with Gasteiger partial charge in [0.1, 0.15) is 0 Å². The zero-order chi connectivity index (χ0) is 7.61. The summed E-state index contributed by atoms with van der Waals surface area (Å²) in [5.41, 5.74) is -0.337. The molecule has 2 unspecified atom stereocenters. The average Bonchev–Trinajstić information content (AvgIpc) is 2.13. The monoisotopic (exact) mass is 142 g/mol. The van der Waals surface area contributed by atoms with E-state index in [1.165, 1.54) is 25.7 Å². The van der Waals surface area contributed by atoms with Crippen LogP contribution in [0.4, 0.5) is 0 Å². The molecule has 0 aromatic heterocycles. The molecular formula is C9H18O. The van der Waals surface area contributed by atoms with E-state index in [4.69, 9.17) is 0 Å². The molecule has 0 bridgehead atoms. The van der Waals surface area contributed by atoms with Crippen molar-refractivity contribution in [2.24, 2.45) is 5.92 Å². The number of hydrogen-bond donors (Lipinski definition) is 1. The first-order chi connectivity index (χ1) is 4.67. The fourth-order valence-corrected chi connectivity index (χ4v) is 2.03. The smallest absolute Gasteiger partial charge is 0.0647 e. The summed E-state index contributed by atoms with van der Waals surface area (Å²) in [6.45, 7) is 4.18. The first-order valence-corrected chi connectivity index (χ1v) is 4.39. The predicted octanol–water partition coefficient (Wildman–Crippen LogP) is 2.34. The maximum absolute atomic E-state index is 9.79. The minimum Gasteiger partial charge on any atom is -0.390 e. The van der Waals surface area contributed by atoms with Crippen molar-refractivity contribution in [1.82, 2.24) is 0 Å². The molecular weight excluding hydrogens is 124 g/mol. The van der Waals surface area contributed by atoms with E-state index in [-0.39, 0.29) is 5.60 Å². The van der Waals surface area contributed by atoms with Gasteiger partial charge in [-0.3, -0.25) is 0 Å². The highest BCUT2D eigenvalue weighted by Gasteiger charge is 2.35. The Kier molecular flexibility index (Phi) is 2.35. The average molecular weight is 142 g/mol. The second kappa shape index (κ2) is 2.91. The molecule has 1 rings (SSSR count). The van der Waals surface area contributed by atoms with Crippen molar-refractivity contribution >= 4 is 0 Å². The first kappa shape index (κ1) is 8.06. The van der Waals surface area contributed by atoms with Gasteiger partial charge in [-0.15, -0.1) is 0 Å². The molecule has 1 nitrogen and oxygen atoms in total. The van der Waals surface area contributed by atoms with Gasteiger partial charge in [-0.2, -0.15) is 0 Å². The summed E-state index contributed by atoms with van der Waals surface area (Å²) in [5, 5.41) is 9.79. The van der Waals surface area contributed by atoms with Crippen LogP contribution in [0.5, 0.6) is 0 Å². The molecule has 1 aliphatic rings. The molecule has 1 N–H and O–H groups in total. The minimum atomic E-state index is -0.337. The van der Waals surface area contributed by atoms with E-state index in [1.807, 2.05) is 6.92 Å². The molecule has 0 aromatic rings. The van der Waals surface area contributed by atoms with Crippen molar-refractivity contribution in [3.8, 4) is 0 Å². The van der Waals surface area contributed by atoms with Gasteiger partial charge in [0.05, 0.1) is 5.60 Å². The summed E-state index contributed by atoms with van der Waals surface area (Å²) in [5.74, 6) is 0.581. The minimum absolute atomic E-state index is 0.337. The van der Waals surface area contributed by atoms with Gasteiger partial charge in [0, 0.05) is 0 Å². The summed E-state index contributed by atoms with van der Waals surface area (Å²) in [4.78, 5) is 0. The molecule has 0 aromatic carbocycles. The van der Waals surface area contributed by atoms with Crippen molar-refractivity contribution in [1.29, 1.82) is 0 Å². The Labute approximate surface area is 63.4 Å². The summed E-state index contributed by atoms with van der Waals surface area (Å²) >= 11 is 0. The first-order valence-electron chi connectivity index (χ1n) is 4.39. The molecule has 1 saturated carbocycles. The third-order valence-corrected chi connectivity index (χ3v) is 2.75. The van der Waals surface area contributed by atoms with Gasteiger partial charge in [-0.1, -0.05) is 19.8 Å². The molecule has 0 heterocycles. The molecule has 1 heteroatoms. The lowest BCUT2D eigenvalue weighted by molar-refractivity contribution is 0.0177. The van der Waals surface area contributed by atoms with Crippen LogP contribution in [-0.4, -0.2) is 10.7 Å². The maximum Gasteiger partial charge on any atom is 0.0647 e. The highest BCUT2D eigenvalue weighted by Crippen LogP contribution is 2.37. The van der Waals surface area contributed by atoms with Crippen molar-refractivity contribution < 1.29 is 5.11 Å². The Morgan fingerprint density at radius 3 is 2.70 bits per heavy atom. The Bertz CT molecular complexity index is 107. The highest BCUT2D eigenvalue weighted by atomic mass is 16.3. The summed E-state index contributed by atoms with van der Waals surface area (Å²) in [6, 6.07) is 0. The zero-order valence-electron chi connectivity index (χ0n) is 7.06. The summed E-state index contributed by atoms with van der Waals surface area (Å²) < 4.78 is 0. The lowest BCUT2D eigenvalue weighted by Gasteiger charge is -2.24. The van der Waals surface area contributed by atoms with Gasteiger partial charge in [0.2, 0.25) is 0 Å². The molecule has 1 fully saturated rings. The maximum atomic E-state index is 9.79. The van der Waals surface area contributed by atoms with Crippen LogP contribution in [-0.2, 0) is 0 Å². The van der Waals surface area contributed by atoms with Crippen LogP contribution >= 0.6 is 0 Å². The molecule has 60 valence electrons. The number of rotatable bonds is 2. The number of hydrogen-bond acceptors (Lipinski definition) is 1. The standard InChI is InChI=1S/C9H18O/c1-3-5-8-6-4-7-9(8,2)10/h8,10H,3-7H2,1-2H3. The molecule has 0 spiro atoms. The Morgan fingerprint density at radius 2 is 2.30 bits per heavy atom. The van der Waals surface area contributed by atoms with Crippen LogP contribution < -0.4 is 0 Å². The van der Waals surface area contributed by atoms with E-state index < -0.39 is 0 Å². The molecule has 2 atom stereocenters. The van der Waals surface area contributed by atoms with Crippen LogP contribution in [0.25, 0.3) is 0 Å². The topological polar surface area (TPSA) is 20.2 Å². The highest BCUT2D eigenvalue weighted by molar-refractivity contribution is 4.87. The van der Waals surface area contributed by atoms with Gasteiger partial charge in [0.25, 0.3) is 0 Å². The second-order valence-electron chi connectivity index (χ2n) is 3.73. The second-order valence-corrected chi connectivity index (χ2v) is 3.73. The van der Waals surface area contributed by atoms with E-state index in [1.54, 1.807) is 0 Å². The Hall–Kier alpha value is -0.0400. The molecule has 0 saturated heterocycles. The van der Waals surface area contributed by atoms with Crippen LogP contribution in [0.3, 0.4) is 0 Å². The molecule has 0 aliphatic heterocycles.